The Bertz CT molecular complexity index is 1210. The number of H-pyrrole nitrogens is 1. The first kappa shape index (κ1) is 24.9. The molecule has 1 amide bonds. The molecule has 0 bridgehead atoms. The van der Waals surface area contributed by atoms with Gasteiger partial charge >= 0.3 is 6.09 Å². The summed E-state index contributed by atoms with van der Waals surface area (Å²) in [5.41, 5.74) is 2.82. The molecule has 1 saturated heterocycles. The second kappa shape index (κ2) is 11.0. The third-order valence-electron chi connectivity index (χ3n) is 6.11. The molecule has 4 heterocycles. The third kappa shape index (κ3) is 6.07. The second-order valence-electron chi connectivity index (χ2n) is 9.08. The van der Waals surface area contributed by atoms with E-state index >= 15 is 0 Å². The fourth-order valence-corrected chi connectivity index (χ4v) is 4.46. The largest absolute Gasteiger partial charge is 0.493 e. The van der Waals surface area contributed by atoms with E-state index in [4.69, 9.17) is 17.0 Å². The molecule has 186 valence electrons. The fourth-order valence-electron chi connectivity index (χ4n) is 4.17. The van der Waals surface area contributed by atoms with Gasteiger partial charge in [-0.3, -0.25) is 9.88 Å². The predicted molar refractivity (Wildman–Crippen MR) is 136 cm³/mol. The van der Waals surface area contributed by atoms with Crippen molar-refractivity contribution in [2.45, 2.75) is 39.5 Å². The highest BCUT2D eigenvalue weighted by atomic mass is 32.1. The highest BCUT2D eigenvalue weighted by Gasteiger charge is 2.23. The molecule has 9 nitrogen and oxygen atoms in total. The Morgan fingerprint density at radius 2 is 1.97 bits per heavy atom. The zero-order valence-corrected chi connectivity index (χ0v) is 21.2. The van der Waals surface area contributed by atoms with Crippen LogP contribution in [-0.2, 0) is 6.42 Å². The van der Waals surface area contributed by atoms with Gasteiger partial charge in [-0.25, -0.2) is 14.3 Å². The molecule has 4 rings (SSSR count). The molecule has 0 unspecified atom stereocenters. The van der Waals surface area contributed by atoms with Gasteiger partial charge in [0, 0.05) is 37.6 Å². The Hall–Kier alpha value is -3.24. The van der Waals surface area contributed by atoms with Gasteiger partial charge in [0.25, 0.3) is 0 Å². The van der Waals surface area contributed by atoms with Crippen LogP contribution in [0.4, 0.5) is 4.79 Å². The number of aromatic nitrogens is 4. The first-order valence-corrected chi connectivity index (χ1v) is 12.3. The van der Waals surface area contributed by atoms with Crippen molar-refractivity contribution in [3.63, 3.8) is 0 Å². The lowest BCUT2D eigenvalue weighted by molar-refractivity contribution is 0.110. The summed E-state index contributed by atoms with van der Waals surface area (Å²) in [5.74, 6) is 0.918. The first-order valence-electron chi connectivity index (χ1n) is 11.9. The molecule has 10 heteroatoms. The van der Waals surface area contributed by atoms with Crippen LogP contribution in [0.2, 0.25) is 0 Å². The monoisotopic (exact) mass is 496 g/mol. The summed E-state index contributed by atoms with van der Waals surface area (Å²) < 4.78 is 7.35. The number of imidazole rings is 1. The Kier molecular flexibility index (Phi) is 7.82. The van der Waals surface area contributed by atoms with Crippen molar-refractivity contribution in [3.8, 4) is 17.4 Å². The van der Waals surface area contributed by atoms with Crippen molar-refractivity contribution in [2.24, 2.45) is 0 Å². The van der Waals surface area contributed by atoms with Gasteiger partial charge < -0.3 is 19.7 Å². The first-order chi connectivity index (χ1) is 16.8. The molecule has 0 radical (unpaired) electrons. The Morgan fingerprint density at radius 1 is 1.20 bits per heavy atom. The SMILES string of the molecule is Cc1cccc(CCCN2CCN(C(=O)Oc3ccc(-n4c(O)c(C(C)C)[nH]c4=S)nc3)CC2)n1. The molecular weight excluding hydrogens is 464 g/mol. The number of hydrogen-bond acceptors (Lipinski definition) is 7. The van der Waals surface area contributed by atoms with E-state index < -0.39 is 0 Å². The number of rotatable bonds is 7. The van der Waals surface area contributed by atoms with Gasteiger partial charge in [0.15, 0.2) is 10.5 Å². The van der Waals surface area contributed by atoms with Gasteiger partial charge in [-0.2, -0.15) is 0 Å². The lowest BCUT2D eigenvalue weighted by Crippen LogP contribution is -2.49. The van der Waals surface area contributed by atoms with E-state index in [1.54, 1.807) is 17.0 Å². The maximum atomic E-state index is 12.6. The minimum Gasteiger partial charge on any atom is -0.493 e. The highest BCUT2D eigenvalue weighted by molar-refractivity contribution is 7.71. The van der Waals surface area contributed by atoms with Gasteiger partial charge in [0.05, 0.1) is 11.9 Å². The van der Waals surface area contributed by atoms with Crippen LogP contribution in [0.25, 0.3) is 5.82 Å². The molecule has 0 aliphatic carbocycles. The van der Waals surface area contributed by atoms with E-state index in [2.05, 4.69) is 25.9 Å². The van der Waals surface area contributed by atoms with Gasteiger partial charge in [-0.1, -0.05) is 19.9 Å². The van der Waals surface area contributed by atoms with E-state index in [-0.39, 0.29) is 17.9 Å². The molecule has 1 aliphatic heterocycles. The summed E-state index contributed by atoms with van der Waals surface area (Å²) in [7, 11) is 0. The van der Waals surface area contributed by atoms with Crippen LogP contribution in [0.15, 0.2) is 36.5 Å². The quantitative estimate of drug-likeness (QED) is 0.473. The number of ether oxygens (including phenoxy) is 1. The zero-order chi connectivity index (χ0) is 24.9. The van der Waals surface area contributed by atoms with E-state index in [1.165, 1.54) is 10.8 Å². The van der Waals surface area contributed by atoms with Crippen molar-refractivity contribution in [1.29, 1.82) is 0 Å². The third-order valence-corrected chi connectivity index (χ3v) is 6.40. The number of nitrogens with zero attached hydrogens (tertiary/aromatic N) is 5. The van der Waals surface area contributed by atoms with Gasteiger partial charge in [-0.15, -0.1) is 0 Å². The number of carbonyl (C=O) groups excluding carboxylic acids is 1. The molecule has 1 aliphatic rings. The molecule has 35 heavy (non-hydrogen) atoms. The van der Waals surface area contributed by atoms with E-state index in [0.717, 1.165) is 43.9 Å². The fraction of sp³-hybridized carbons (Fsp3) is 0.440. The summed E-state index contributed by atoms with van der Waals surface area (Å²) in [6.07, 6.45) is 3.08. The van der Waals surface area contributed by atoms with Crippen LogP contribution in [0.3, 0.4) is 0 Å². The van der Waals surface area contributed by atoms with Crippen molar-refractivity contribution < 1.29 is 14.6 Å². The topological polar surface area (TPSA) is 99.5 Å². The normalized spacial score (nSPS) is 14.5. The van der Waals surface area contributed by atoms with Crippen molar-refractivity contribution >= 4 is 18.3 Å². The molecule has 0 spiro atoms. The molecule has 0 saturated carbocycles. The lowest BCUT2D eigenvalue weighted by Gasteiger charge is -2.33. The molecule has 0 atom stereocenters. The second-order valence-corrected chi connectivity index (χ2v) is 9.47. The number of aromatic hydroxyl groups is 1. The number of aryl methyl sites for hydroxylation is 2. The maximum absolute atomic E-state index is 12.6. The average molecular weight is 497 g/mol. The van der Waals surface area contributed by atoms with Crippen LogP contribution in [0.5, 0.6) is 11.6 Å². The molecular formula is C25H32N6O3S. The number of carbonyl (C=O) groups is 1. The summed E-state index contributed by atoms with van der Waals surface area (Å²) >= 11 is 5.32. The van der Waals surface area contributed by atoms with E-state index in [0.29, 0.717) is 35.1 Å². The minimum atomic E-state index is -0.383. The van der Waals surface area contributed by atoms with Gasteiger partial charge in [0.2, 0.25) is 5.88 Å². The summed E-state index contributed by atoms with van der Waals surface area (Å²) in [6.45, 7) is 9.79. The number of hydrogen-bond donors (Lipinski definition) is 2. The van der Waals surface area contributed by atoms with Gasteiger partial charge in [-0.05, 0) is 68.7 Å². The number of nitrogens with one attached hydrogen (secondary N) is 1. The maximum Gasteiger partial charge on any atom is 0.415 e. The van der Waals surface area contributed by atoms with Crippen LogP contribution in [-0.4, -0.2) is 73.2 Å². The minimum absolute atomic E-state index is 0.0373. The standard InChI is InChI=1S/C25H32N6O3S/c1-17(2)22-23(32)31(24(35)28-22)21-10-9-20(16-26-21)34-25(33)30-14-12-29(13-15-30)11-5-8-19-7-4-6-18(3)27-19/h4,6-7,9-10,16-17,32H,5,8,11-15H2,1-3H3,(H,28,35). The van der Waals surface area contributed by atoms with Gasteiger partial charge in [0.1, 0.15) is 5.82 Å². The number of piperazine rings is 1. The van der Waals surface area contributed by atoms with Crippen LogP contribution < -0.4 is 4.74 Å². The Labute approximate surface area is 210 Å². The molecule has 3 aromatic heterocycles. The molecule has 3 aromatic rings. The van der Waals surface area contributed by atoms with Crippen LogP contribution in [0, 0.1) is 11.7 Å². The average Bonchev–Trinajstić information content (AvgIpc) is 3.14. The number of amides is 1. The highest BCUT2D eigenvalue weighted by Crippen LogP contribution is 2.27. The van der Waals surface area contributed by atoms with Crippen molar-refractivity contribution in [1.82, 2.24) is 29.3 Å². The summed E-state index contributed by atoms with van der Waals surface area (Å²) in [5, 5.41) is 10.5. The van der Waals surface area contributed by atoms with Crippen LogP contribution >= 0.6 is 12.2 Å². The zero-order valence-electron chi connectivity index (χ0n) is 20.4. The van der Waals surface area contributed by atoms with Crippen LogP contribution in [0.1, 0.15) is 43.3 Å². The van der Waals surface area contributed by atoms with Crippen molar-refractivity contribution in [2.75, 3.05) is 32.7 Å². The Morgan fingerprint density at radius 3 is 2.60 bits per heavy atom. The van der Waals surface area contributed by atoms with E-state index in [1.807, 2.05) is 32.9 Å². The smallest absolute Gasteiger partial charge is 0.415 e. The molecule has 1 fully saturated rings. The molecule has 2 N–H and O–H groups in total. The summed E-state index contributed by atoms with van der Waals surface area (Å²) in [4.78, 5) is 28.6. The Balaban J connectivity index is 1.26. The lowest BCUT2D eigenvalue weighted by atomic mass is 10.1. The predicted octanol–water partition coefficient (Wildman–Crippen LogP) is 4.21. The van der Waals surface area contributed by atoms with E-state index in [9.17, 15) is 9.90 Å². The number of pyridine rings is 2. The summed E-state index contributed by atoms with van der Waals surface area (Å²) in [6, 6.07) is 9.45. The van der Waals surface area contributed by atoms with Crippen molar-refractivity contribution in [3.05, 3.63) is 58.4 Å². The number of aromatic amines is 1. The molecule has 0 aromatic carbocycles.